The van der Waals surface area contributed by atoms with E-state index in [1.807, 2.05) is 6.07 Å². The Hall–Kier alpha value is -1.93. The van der Waals surface area contributed by atoms with Crippen LogP contribution in [0.3, 0.4) is 0 Å². The van der Waals surface area contributed by atoms with Gasteiger partial charge in [0.15, 0.2) is 11.0 Å². The second kappa shape index (κ2) is 8.83. The molecule has 154 valence electrons. The highest BCUT2D eigenvalue weighted by Crippen LogP contribution is 2.37. The van der Waals surface area contributed by atoms with Gasteiger partial charge in [0.05, 0.1) is 29.9 Å². The minimum absolute atomic E-state index is 0.254. The molecule has 10 heteroatoms. The number of nitriles is 1. The summed E-state index contributed by atoms with van der Waals surface area (Å²) in [7, 11) is -3.58. The fourth-order valence-corrected chi connectivity index (χ4v) is 6.01. The van der Waals surface area contributed by atoms with E-state index in [9.17, 15) is 8.42 Å². The van der Waals surface area contributed by atoms with Crippen LogP contribution in [0.15, 0.2) is 34.3 Å². The van der Waals surface area contributed by atoms with Crippen molar-refractivity contribution in [2.45, 2.75) is 41.8 Å². The molecule has 1 aromatic carbocycles. The van der Waals surface area contributed by atoms with Gasteiger partial charge in [-0.05, 0) is 25.0 Å². The van der Waals surface area contributed by atoms with Gasteiger partial charge in [-0.15, -0.1) is 10.2 Å². The first-order valence-corrected chi connectivity index (χ1v) is 12.2. The zero-order valence-electron chi connectivity index (χ0n) is 16.0. The molecule has 0 unspecified atom stereocenters. The minimum Gasteiger partial charge on any atom is -0.379 e. The Kier molecular flexibility index (Phi) is 6.20. The number of sulfonamides is 1. The van der Waals surface area contributed by atoms with Crippen molar-refractivity contribution in [3.8, 4) is 17.5 Å². The Bertz CT molecular complexity index is 1000. The van der Waals surface area contributed by atoms with Crippen LogP contribution in [-0.2, 0) is 14.8 Å². The molecule has 0 atom stereocenters. The van der Waals surface area contributed by atoms with Gasteiger partial charge in [0.2, 0.25) is 10.0 Å². The number of nitrogens with zero attached hydrogens (tertiary/aromatic N) is 5. The zero-order valence-corrected chi connectivity index (χ0v) is 17.7. The predicted molar refractivity (Wildman–Crippen MR) is 109 cm³/mol. The molecule has 0 spiro atoms. The number of morpholine rings is 1. The summed E-state index contributed by atoms with van der Waals surface area (Å²) in [5.74, 6) is 0.965. The van der Waals surface area contributed by atoms with Crippen LogP contribution < -0.4 is 0 Å². The summed E-state index contributed by atoms with van der Waals surface area (Å²) in [5, 5.41) is 18.3. The van der Waals surface area contributed by atoms with Crippen molar-refractivity contribution in [3.63, 3.8) is 0 Å². The van der Waals surface area contributed by atoms with Crippen LogP contribution >= 0.6 is 11.8 Å². The third-order valence-corrected chi connectivity index (χ3v) is 8.02. The maximum atomic E-state index is 13.0. The monoisotopic (exact) mass is 433 g/mol. The highest BCUT2D eigenvalue weighted by molar-refractivity contribution is 7.99. The first-order chi connectivity index (χ1) is 14.1. The van der Waals surface area contributed by atoms with Gasteiger partial charge >= 0.3 is 0 Å². The van der Waals surface area contributed by atoms with Gasteiger partial charge < -0.3 is 4.74 Å². The van der Waals surface area contributed by atoms with Gasteiger partial charge in [-0.25, -0.2) is 8.42 Å². The van der Waals surface area contributed by atoms with Crippen LogP contribution in [0.5, 0.6) is 0 Å². The Labute approximate surface area is 174 Å². The number of aromatic nitrogens is 3. The molecule has 0 amide bonds. The largest absolute Gasteiger partial charge is 0.379 e. The molecule has 2 aromatic rings. The maximum absolute atomic E-state index is 13.0. The van der Waals surface area contributed by atoms with Gasteiger partial charge in [0.1, 0.15) is 0 Å². The molecular weight excluding hydrogens is 410 g/mol. The SMILES string of the molecule is N#CCSc1nnc(-c2cccc(S(=O)(=O)N3CCOCC3)c2)n1C1CCCC1. The van der Waals surface area contributed by atoms with E-state index >= 15 is 0 Å². The summed E-state index contributed by atoms with van der Waals surface area (Å²) >= 11 is 1.37. The number of rotatable bonds is 6. The lowest BCUT2D eigenvalue weighted by atomic mass is 10.2. The molecule has 0 radical (unpaired) electrons. The Morgan fingerprint density at radius 2 is 1.97 bits per heavy atom. The van der Waals surface area contributed by atoms with E-state index in [1.54, 1.807) is 18.2 Å². The van der Waals surface area contributed by atoms with E-state index in [4.69, 9.17) is 10.00 Å². The molecule has 1 aliphatic heterocycles. The number of hydrogen-bond donors (Lipinski definition) is 0. The fraction of sp³-hybridized carbons (Fsp3) is 0.526. The van der Waals surface area contributed by atoms with Gasteiger partial charge in [-0.1, -0.05) is 36.7 Å². The summed E-state index contributed by atoms with van der Waals surface area (Å²) in [6.07, 6.45) is 4.38. The summed E-state index contributed by atoms with van der Waals surface area (Å²) in [4.78, 5) is 0.254. The second-order valence-corrected chi connectivity index (χ2v) is 9.99. The number of benzene rings is 1. The lowest BCUT2D eigenvalue weighted by Crippen LogP contribution is -2.40. The van der Waals surface area contributed by atoms with Crippen LogP contribution in [0.4, 0.5) is 0 Å². The molecule has 2 fully saturated rings. The number of thioether (sulfide) groups is 1. The van der Waals surface area contributed by atoms with E-state index < -0.39 is 10.0 Å². The van der Waals surface area contributed by atoms with E-state index in [0.717, 1.165) is 36.4 Å². The van der Waals surface area contributed by atoms with Crippen molar-refractivity contribution in [1.82, 2.24) is 19.1 Å². The smallest absolute Gasteiger partial charge is 0.243 e. The Morgan fingerprint density at radius 1 is 1.21 bits per heavy atom. The molecule has 29 heavy (non-hydrogen) atoms. The van der Waals surface area contributed by atoms with E-state index in [2.05, 4.69) is 20.8 Å². The van der Waals surface area contributed by atoms with Gasteiger partial charge in [-0.3, -0.25) is 4.57 Å². The van der Waals surface area contributed by atoms with E-state index in [1.165, 1.54) is 16.1 Å². The molecule has 1 saturated heterocycles. The van der Waals surface area contributed by atoms with Gasteiger partial charge in [0, 0.05) is 24.7 Å². The quantitative estimate of drug-likeness (QED) is 0.646. The van der Waals surface area contributed by atoms with E-state index in [-0.39, 0.29) is 10.9 Å². The normalized spacial score (nSPS) is 18.7. The number of ether oxygens (including phenoxy) is 1. The highest BCUT2D eigenvalue weighted by Gasteiger charge is 2.28. The summed E-state index contributed by atoms with van der Waals surface area (Å²) in [6, 6.07) is 9.33. The van der Waals surface area contributed by atoms with E-state index in [0.29, 0.717) is 37.9 Å². The standard InChI is InChI=1S/C19H23N5O3S2/c20-8-13-28-19-22-21-18(24(19)16-5-1-2-6-16)15-4-3-7-17(14-15)29(25,26)23-9-11-27-12-10-23/h3-4,7,14,16H,1-2,5-6,9-13H2. The van der Waals surface area contributed by atoms with Crippen molar-refractivity contribution in [3.05, 3.63) is 24.3 Å². The molecule has 1 aliphatic carbocycles. The predicted octanol–water partition coefficient (Wildman–Crippen LogP) is 2.70. The molecule has 4 rings (SSSR count). The van der Waals surface area contributed by atoms with Crippen molar-refractivity contribution in [1.29, 1.82) is 5.26 Å². The third-order valence-electron chi connectivity index (χ3n) is 5.32. The van der Waals surface area contributed by atoms with Crippen molar-refractivity contribution in [2.24, 2.45) is 0 Å². The Balaban J connectivity index is 1.71. The molecule has 1 aromatic heterocycles. The van der Waals surface area contributed by atoms with Crippen LogP contribution in [0, 0.1) is 11.3 Å². The van der Waals surface area contributed by atoms with Crippen LogP contribution in [-0.4, -0.2) is 59.5 Å². The lowest BCUT2D eigenvalue weighted by Gasteiger charge is -2.26. The van der Waals surface area contributed by atoms with Crippen LogP contribution in [0.1, 0.15) is 31.7 Å². The first-order valence-electron chi connectivity index (χ1n) is 9.74. The third kappa shape index (κ3) is 4.19. The molecule has 2 aliphatic rings. The number of hydrogen-bond acceptors (Lipinski definition) is 7. The summed E-state index contributed by atoms with van der Waals surface area (Å²) in [6.45, 7) is 1.54. The van der Waals surface area contributed by atoms with Crippen LogP contribution in [0.2, 0.25) is 0 Å². The molecule has 0 bridgehead atoms. The molecule has 2 heterocycles. The topological polar surface area (TPSA) is 101 Å². The van der Waals surface area contributed by atoms with Crippen molar-refractivity contribution >= 4 is 21.8 Å². The van der Waals surface area contributed by atoms with Crippen molar-refractivity contribution in [2.75, 3.05) is 32.1 Å². The fourth-order valence-electron chi connectivity index (χ4n) is 3.89. The molecule has 1 saturated carbocycles. The Morgan fingerprint density at radius 3 is 2.69 bits per heavy atom. The minimum atomic E-state index is -3.58. The maximum Gasteiger partial charge on any atom is 0.243 e. The van der Waals surface area contributed by atoms with Crippen molar-refractivity contribution < 1.29 is 13.2 Å². The molecule has 0 N–H and O–H groups in total. The van der Waals surface area contributed by atoms with Gasteiger partial charge in [-0.2, -0.15) is 9.57 Å². The average Bonchev–Trinajstić information content (AvgIpc) is 3.42. The highest BCUT2D eigenvalue weighted by atomic mass is 32.2. The van der Waals surface area contributed by atoms with Crippen LogP contribution in [0.25, 0.3) is 11.4 Å². The molecule has 8 nitrogen and oxygen atoms in total. The zero-order chi connectivity index (χ0) is 20.3. The summed E-state index contributed by atoms with van der Waals surface area (Å²) < 4.78 is 34.9. The molecular formula is C19H23N5O3S2. The first kappa shape index (κ1) is 20.3. The average molecular weight is 434 g/mol. The van der Waals surface area contributed by atoms with Gasteiger partial charge in [0.25, 0.3) is 0 Å². The lowest BCUT2D eigenvalue weighted by molar-refractivity contribution is 0.0730. The summed E-state index contributed by atoms with van der Waals surface area (Å²) in [5.41, 5.74) is 0.725. The second-order valence-electron chi connectivity index (χ2n) is 7.11.